The Morgan fingerprint density at radius 2 is 1.52 bits per heavy atom. The molecule has 13 nitrogen and oxygen atoms in total. The smallest absolute Gasteiger partial charge is 0.315 e. The minimum Gasteiger partial charge on any atom is -0.346 e. The maximum absolute atomic E-state index is 14.7. The first kappa shape index (κ1) is 41.0. The molecule has 5 atom stereocenters. The molecule has 0 radical (unpaired) electrons. The third kappa shape index (κ3) is 10.4. The summed E-state index contributed by atoms with van der Waals surface area (Å²) >= 11 is 0. The Bertz CT molecular complexity index is 1330. The molecular weight excluding hydrogens is 664 g/mol. The van der Waals surface area contributed by atoms with Crippen LogP contribution in [0.25, 0.3) is 0 Å². The molecule has 2 heterocycles. The van der Waals surface area contributed by atoms with Crippen LogP contribution in [0.1, 0.15) is 118 Å². The third-order valence-corrected chi connectivity index (χ3v) is 11.7. The lowest BCUT2D eigenvalue weighted by Gasteiger charge is -2.38. The number of urea groups is 1. The van der Waals surface area contributed by atoms with Crippen molar-refractivity contribution in [3.05, 3.63) is 12.7 Å². The van der Waals surface area contributed by atoms with Crippen molar-refractivity contribution in [1.29, 1.82) is 0 Å². The fourth-order valence-electron chi connectivity index (χ4n) is 8.15. The predicted molar refractivity (Wildman–Crippen MR) is 196 cm³/mol. The average molecular weight is 727 g/mol. The van der Waals surface area contributed by atoms with Gasteiger partial charge < -0.3 is 26.2 Å². The summed E-state index contributed by atoms with van der Waals surface area (Å²) in [4.78, 5) is 96.9. The molecule has 2 aliphatic carbocycles. The molecule has 2 aliphatic heterocycles. The van der Waals surface area contributed by atoms with E-state index in [0.717, 1.165) is 51.4 Å². The van der Waals surface area contributed by atoms with Gasteiger partial charge in [-0.2, -0.15) is 0 Å². The van der Waals surface area contributed by atoms with E-state index in [1.165, 1.54) is 11.0 Å². The summed E-state index contributed by atoms with van der Waals surface area (Å²) in [6.45, 7) is 13.9. The zero-order valence-electron chi connectivity index (χ0n) is 32.0. The molecule has 0 aromatic heterocycles. The van der Waals surface area contributed by atoms with Crippen molar-refractivity contribution >= 4 is 41.4 Å². The van der Waals surface area contributed by atoms with Gasteiger partial charge in [0, 0.05) is 32.5 Å². The van der Waals surface area contributed by atoms with E-state index in [4.69, 9.17) is 0 Å². The van der Waals surface area contributed by atoms with Gasteiger partial charge in [-0.1, -0.05) is 79.2 Å². The van der Waals surface area contributed by atoms with E-state index in [9.17, 15) is 33.6 Å². The fraction of sp³-hybridized carbons (Fsp3) is 0.769. The molecule has 13 heteroatoms. The molecule has 7 amide bonds. The predicted octanol–water partition coefficient (Wildman–Crippen LogP) is 3.61. The minimum atomic E-state index is -1.01. The molecule has 4 N–H and O–H groups in total. The number of ketones is 1. The Morgan fingerprint density at radius 3 is 2.08 bits per heavy atom. The van der Waals surface area contributed by atoms with Crippen molar-refractivity contribution in [1.82, 2.24) is 31.1 Å². The van der Waals surface area contributed by atoms with Crippen LogP contribution in [-0.4, -0.2) is 95.0 Å². The number of Topliss-reactive ketones (excluding diaryl/α,β-unsaturated/α-hetero) is 1. The number of rotatable bonds is 15. The number of hydrogen-bond acceptors (Lipinski definition) is 7. The van der Waals surface area contributed by atoms with Gasteiger partial charge in [-0.3, -0.25) is 33.7 Å². The van der Waals surface area contributed by atoms with E-state index in [1.54, 1.807) is 4.90 Å². The fourth-order valence-corrected chi connectivity index (χ4v) is 8.15. The average Bonchev–Trinajstić information content (AvgIpc) is 3.53. The van der Waals surface area contributed by atoms with Crippen LogP contribution in [-0.2, 0) is 28.8 Å². The second kappa shape index (κ2) is 18.3. The van der Waals surface area contributed by atoms with E-state index in [1.807, 2.05) is 34.6 Å². The Labute approximate surface area is 309 Å². The van der Waals surface area contributed by atoms with Gasteiger partial charge in [0.15, 0.2) is 0 Å². The molecule has 0 spiro atoms. The van der Waals surface area contributed by atoms with E-state index < -0.39 is 53.2 Å². The maximum Gasteiger partial charge on any atom is 0.315 e. The maximum atomic E-state index is 14.7. The topological polar surface area (TPSA) is 174 Å². The number of piperidine rings is 1. The summed E-state index contributed by atoms with van der Waals surface area (Å²) in [6.07, 6.45) is 10.7. The lowest BCUT2D eigenvalue weighted by Crippen LogP contribution is -2.62. The molecule has 2 saturated heterocycles. The summed E-state index contributed by atoms with van der Waals surface area (Å²) < 4.78 is 0. The standard InChI is InChI=1S/C39H62N6O7/c1-7-20-40-36(50)34(48)28(22-25-13-11-14-25)41-35(49)33-27(24(2)3)19-21-44(33)37(51)32(26-15-9-8-10-16-26)43-38(52)42-29(39(4,5)6)23-45-30(46)17-12-18-31(45)47/h7,24-29,32-33H,1,8-23H2,2-6H3,(H,40,50)(H,41,49)(H2,42,43,52)/t27-,28?,29-,32+,33+/m1/s1. The number of nitrogens with zero attached hydrogens (tertiary/aromatic N) is 2. The molecule has 0 aromatic carbocycles. The zero-order chi connectivity index (χ0) is 38.2. The molecule has 52 heavy (non-hydrogen) atoms. The van der Waals surface area contributed by atoms with Gasteiger partial charge in [-0.05, 0) is 61.2 Å². The number of nitrogens with one attached hydrogen (secondary N) is 4. The van der Waals surface area contributed by atoms with Crippen LogP contribution in [0.2, 0.25) is 0 Å². The van der Waals surface area contributed by atoms with Crippen LogP contribution in [0, 0.1) is 29.1 Å². The van der Waals surface area contributed by atoms with Crippen LogP contribution in [0.4, 0.5) is 4.79 Å². The number of amides is 7. The molecule has 0 aromatic rings. The van der Waals surface area contributed by atoms with Crippen molar-refractivity contribution in [2.75, 3.05) is 19.6 Å². The normalized spacial score (nSPS) is 23.3. The van der Waals surface area contributed by atoms with Gasteiger partial charge in [0.05, 0.1) is 12.1 Å². The quantitative estimate of drug-likeness (QED) is 0.113. The number of hydrogen-bond donors (Lipinski definition) is 4. The van der Waals surface area contributed by atoms with E-state index in [0.29, 0.717) is 25.8 Å². The molecule has 0 bridgehead atoms. The first-order valence-electron chi connectivity index (χ1n) is 19.6. The summed E-state index contributed by atoms with van der Waals surface area (Å²) in [6, 6.07) is -3.95. The van der Waals surface area contributed by atoms with Gasteiger partial charge in [0.2, 0.25) is 29.4 Å². The van der Waals surface area contributed by atoms with Crippen LogP contribution >= 0.6 is 0 Å². The van der Waals surface area contributed by atoms with Gasteiger partial charge in [-0.25, -0.2) is 4.79 Å². The molecule has 4 fully saturated rings. The highest BCUT2D eigenvalue weighted by Gasteiger charge is 2.47. The van der Waals surface area contributed by atoms with Crippen molar-refractivity contribution in [3.8, 4) is 0 Å². The largest absolute Gasteiger partial charge is 0.346 e. The second-order valence-electron chi connectivity index (χ2n) is 16.8. The summed E-state index contributed by atoms with van der Waals surface area (Å²) in [5.74, 6) is -2.87. The Kier molecular flexibility index (Phi) is 14.4. The summed E-state index contributed by atoms with van der Waals surface area (Å²) in [5.41, 5.74) is -0.516. The van der Waals surface area contributed by atoms with Crippen LogP contribution in [0.5, 0.6) is 0 Å². The Morgan fingerprint density at radius 1 is 0.865 bits per heavy atom. The summed E-state index contributed by atoms with van der Waals surface area (Å²) in [5, 5.41) is 11.4. The van der Waals surface area contributed by atoms with Crippen molar-refractivity contribution in [2.45, 2.75) is 142 Å². The number of carbonyl (C=O) groups excluding carboxylic acids is 7. The van der Waals surface area contributed by atoms with E-state index in [2.05, 4.69) is 27.8 Å². The number of likely N-dealkylation sites (tertiary alicyclic amines) is 2. The SMILES string of the molecule is C=CCNC(=O)C(=O)C(CC1CCC1)NC(=O)[C@@H]1[C@@H](C(C)C)CCN1C(=O)[C@@H](NC(=O)N[C@H](CN1C(=O)CCCC1=O)C(C)(C)C)C1CCCCC1. The second-order valence-corrected chi connectivity index (χ2v) is 16.8. The third-order valence-electron chi connectivity index (χ3n) is 11.7. The van der Waals surface area contributed by atoms with Gasteiger partial charge in [0.1, 0.15) is 12.1 Å². The molecule has 2 saturated carbocycles. The highest BCUT2D eigenvalue weighted by Crippen LogP contribution is 2.35. The molecule has 1 unspecified atom stereocenters. The zero-order valence-corrected chi connectivity index (χ0v) is 32.0. The van der Waals surface area contributed by atoms with Crippen LogP contribution in [0.15, 0.2) is 12.7 Å². The minimum absolute atomic E-state index is 0.0351. The lowest BCUT2D eigenvalue weighted by atomic mass is 9.80. The highest BCUT2D eigenvalue weighted by molar-refractivity contribution is 6.38. The number of imide groups is 1. The number of carbonyl (C=O) groups is 7. The molecular formula is C39H62N6O7. The highest BCUT2D eigenvalue weighted by atomic mass is 16.2. The monoisotopic (exact) mass is 726 g/mol. The molecule has 290 valence electrons. The Hall–Kier alpha value is -3.77. The van der Waals surface area contributed by atoms with E-state index >= 15 is 0 Å². The molecule has 4 aliphatic rings. The van der Waals surface area contributed by atoms with Crippen molar-refractivity contribution < 1.29 is 33.6 Å². The van der Waals surface area contributed by atoms with Crippen LogP contribution < -0.4 is 21.3 Å². The Balaban J connectivity index is 1.56. The van der Waals surface area contributed by atoms with Crippen molar-refractivity contribution in [2.24, 2.45) is 29.1 Å². The van der Waals surface area contributed by atoms with Gasteiger partial charge in [-0.15, -0.1) is 6.58 Å². The van der Waals surface area contributed by atoms with Crippen LogP contribution in [0.3, 0.4) is 0 Å². The molecule has 4 rings (SSSR count). The van der Waals surface area contributed by atoms with Gasteiger partial charge >= 0.3 is 6.03 Å². The first-order chi connectivity index (χ1) is 24.6. The first-order valence-corrected chi connectivity index (χ1v) is 19.6. The van der Waals surface area contributed by atoms with E-state index in [-0.39, 0.29) is 67.3 Å². The lowest BCUT2D eigenvalue weighted by molar-refractivity contribution is -0.148. The van der Waals surface area contributed by atoms with Crippen molar-refractivity contribution in [3.63, 3.8) is 0 Å². The van der Waals surface area contributed by atoms with Gasteiger partial charge in [0.25, 0.3) is 5.91 Å². The summed E-state index contributed by atoms with van der Waals surface area (Å²) in [7, 11) is 0.